The lowest BCUT2D eigenvalue weighted by Gasteiger charge is -2.14. The molecule has 2 N–H and O–H groups in total. The largest absolute Gasteiger partial charge is 0.330 e. The summed E-state index contributed by atoms with van der Waals surface area (Å²) >= 11 is 0. The highest BCUT2D eigenvalue weighted by Gasteiger charge is 2.42. The average Bonchev–Trinajstić information content (AvgIpc) is 3.26. The van der Waals surface area contributed by atoms with Crippen LogP contribution in [0.4, 0.5) is 0 Å². The fraction of sp³-hybridized carbons (Fsp3) is 0.611. The Morgan fingerprint density at radius 2 is 2.00 bits per heavy atom. The molecule has 0 heterocycles. The van der Waals surface area contributed by atoms with Gasteiger partial charge in [0.25, 0.3) is 0 Å². The molecule has 1 fully saturated rings. The van der Waals surface area contributed by atoms with Gasteiger partial charge in [0, 0.05) is 12.3 Å². The summed E-state index contributed by atoms with van der Waals surface area (Å²) in [7, 11) is 0. The van der Waals surface area contributed by atoms with E-state index in [1.807, 2.05) is 6.07 Å². The molecule has 1 aliphatic carbocycles. The lowest BCUT2D eigenvalue weighted by molar-refractivity contribution is -0.120. The zero-order chi connectivity index (χ0) is 14.4. The molecular weight excluding hydrogens is 246 g/mol. The van der Waals surface area contributed by atoms with Crippen molar-refractivity contribution < 1.29 is 4.79 Å². The molecule has 0 aliphatic heterocycles. The first-order valence-corrected chi connectivity index (χ1v) is 8.04. The minimum absolute atomic E-state index is 0.289. The van der Waals surface area contributed by atoms with E-state index in [2.05, 4.69) is 31.2 Å². The summed E-state index contributed by atoms with van der Waals surface area (Å²) in [6, 6.07) is 10.4. The lowest BCUT2D eigenvalue weighted by Crippen LogP contribution is -2.11. The summed E-state index contributed by atoms with van der Waals surface area (Å²) in [5.74, 6) is 1.89. The number of hydrogen-bond donors (Lipinski definition) is 1. The van der Waals surface area contributed by atoms with Gasteiger partial charge in [0.2, 0.25) is 0 Å². The Hall–Kier alpha value is -1.15. The summed E-state index contributed by atoms with van der Waals surface area (Å²) in [6.07, 6.45) is 6.29. The van der Waals surface area contributed by atoms with Crippen LogP contribution in [0.25, 0.3) is 0 Å². The Balaban J connectivity index is 1.76. The fourth-order valence-corrected chi connectivity index (χ4v) is 3.23. The standard InChI is InChI=1S/C18H27NO/c1-2-6-14(11-12-19)9-10-18(20)17-13-16(17)15-7-4-3-5-8-15/h3-5,7-8,14,16-17H,2,6,9-13,19H2,1H3. The highest BCUT2D eigenvalue weighted by molar-refractivity contribution is 5.85. The molecule has 0 bridgehead atoms. The van der Waals surface area contributed by atoms with Crippen molar-refractivity contribution in [1.82, 2.24) is 0 Å². The minimum atomic E-state index is 0.289. The predicted molar refractivity (Wildman–Crippen MR) is 83.6 cm³/mol. The normalized spacial score (nSPS) is 22.5. The molecule has 1 aliphatic rings. The highest BCUT2D eigenvalue weighted by Crippen LogP contribution is 2.48. The summed E-state index contributed by atoms with van der Waals surface area (Å²) in [5.41, 5.74) is 6.98. The van der Waals surface area contributed by atoms with Crippen LogP contribution in [0.5, 0.6) is 0 Å². The Morgan fingerprint density at radius 3 is 2.65 bits per heavy atom. The Bertz CT molecular complexity index is 409. The number of Topliss-reactive ketones (excluding diaryl/α,β-unsaturated/α-hetero) is 1. The molecule has 0 radical (unpaired) electrons. The van der Waals surface area contributed by atoms with Crippen molar-refractivity contribution >= 4 is 5.78 Å². The van der Waals surface area contributed by atoms with Crippen LogP contribution < -0.4 is 5.73 Å². The molecule has 110 valence electrons. The van der Waals surface area contributed by atoms with Gasteiger partial charge >= 0.3 is 0 Å². The van der Waals surface area contributed by atoms with Crippen LogP contribution in [-0.2, 0) is 4.79 Å². The maximum atomic E-state index is 12.3. The number of nitrogens with two attached hydrogens (primary N) is 1. The van der Waals surface area contributed by atoms with Crippen LogP contribution in [0.15, 0.2) is 30.3 Å². The van der Waals surface area contributed by atoms with E-state index < -0.39 is 0 Å². The second-order valence-electron chi connectivity index (χ2n) is 6.10. The third-order valence-corrected chi connectivity index (χ3v) is 4.50. The van der Waals surface area contributed by atoms with Gasteiger partial charge in [0.15, 0.2) is 0 Å². The SMILES string of the molecule is CCCC(CCN)CCC(=O)C1CC1c1ccccc1. The van der Waals surface area contributed by atoms with Crippen molar-refractivity contribution in [3.63, 3.8) is 0 Å². The Kier molecular flexibility index (Phi) is 5.78. The van der Waals surface area contributed by atoms with Gasteiger partial charge in [-0.15, -0.1) is 0 Å². The molecule has 2 nitrogen and oxygen atoms in total. The average molecular weight is 273 g/mol. The Morgan fingerprint density at radius 1 is 1.25 bits per heavy atom. The highest BCUT2D eigenvalue weighted by atomic mass is 16.1. The van der Waals surface area contributed by atoms with E-state index >= 15 is 0 Å². The number of benzene rings is 1. The van der Waals surface area contributed by atoms with E-state index in [4.69, 9.17) is 5.73 Å². The van der Waals surface area contributed by atoms with Gasteiger partial charge in [0.05, 0.1) is 0 Å². The quantitative estimate of drug-likeness (QED) is 0.741. The first-order chi connectivity index (χ1) is 9.76. The lowest BCUT2D eigenvalue weighted by atomic mass is 9.92. The van der Waals surface area contributed by atoms with E-state index in [-0.39, 0.29) is 5.92 Å². The maximum Gasteiger partial charge on any atom is 0.136 e. The second kappa shape index (κ2) is 7.58. The van der Waals surface area contributed by atoms with E-state index in [0.29, 0.717) is 17.6 Å². The number of hydrogen-bond acceptors (Lipinski definition) is 2. The maximum absolute atomic E-state index is 12.3. The van der Waals surface area contributed by atoms with Gasteiger partial charge in [-0.05, 0) is 43.2 Å². The van der Waals surface area contributed by atoms with Gasteiger partial charge in [-0.25, -0.2) is 0 Å². The molecule has 0 amide bonds. The van der Waals surface area contributed by atoms with Crippen LogP contribution in [-0.4, -0.2) is 12.3 Å². The van der Waals surface area contributed by atoms with Crippen molar-refractivity contribution in [3.05, 3.63) is 35.9 Å². The van der Waals surface area contributed by atoms with Crippen molar-refractivity contribution in [2.75, 3.05) is 6.54 Å². The second-order valence-corrected chi connectivity index (χ2v) is 6.10. The number of carbonyl (C=O) groups excluding carboxylic acids is 1. The first-order valence-electron chi connectivity index (χ1n) is 8.04. The topological polar surface area (TPSA) is 43.1 Å². The van der Waals surface area contributed by atoms with Gasteiger partial charge in [-0.2, -0.15) is 0 Å². The molecule has 0 saturated heterocycles. The van der Waals surface area contributed by atoms with Gasteiger partial charge in [-0.3, -0.25) is 4.79 Å². The zero-order valence-corrected chi connectivity index (χ0v) is 12.6. The monoisotopic (exact) mass is 273 g/mol. The van der Waals surface area contributed by atoms with E-state index in [0.717, 1.165) is 32.2 Å². The van der Waals surface area contributed by atoms with Gasteiger partial charge in [0.1, 0.15) is 5.78 Å². The number of rotatable bonds is 9. The van der Waals surface area contributed by atoms with Gasteiger partial charge < -0.3 is 5.73 Å². The van der Waals surface area contributed by atoms with E-state index in [9.17, 15) is 4.79 Å². The molecule has 3 atom stereocenters. The molecule has 3 unspecified atom stereocenters. The molecule has 2 heteroatoms. The number of carbonyl (C=O) groups is 1. The summed E-state index contributed by atoms with van der Waals surface area (Å²) in [6.45, 7) is 2.95. The fourth-order valence-electron chi connectivity index (χ4n) is 3.23. The zero-order valence-electron chi connectivity index (χ0n) is 12.6. The minimum Gasteiger partial charge on any atom is -0.330 e. The number of ketones is 1. The molecule has 2 rings (SSSR count). The van der Waals surface area contributed by atoms with Crippen molar-refractivity contribution in [3.8, 4) is 0 Å². The van der Waals surface area contributed by atoms with E-state index in [1.54, 1.807) is 0 Å². The van der Waals surface area contributed by atoms with Crippen molar-refractivity contribution in [2.45, 2.75) is 51.4 Å². The van der Waals surface area contributed by atoms with E-state index in [1.165, 1.54) is 18.4 Å². The van der Waals surface area contributed by atoms with Crippen LogP contribution in [0.1, 0.15) is 56.9 Å². The van der Waals surface area contributed by atoms with Crippen LogP contribution in [0.3, 0.4) is 0 Å². The van der Waals surface area contributed by atoms with Crippen LogP contribution in [0.2, 0.25) is 0 Å². The summed E-state index contributed by atoms with van der Waals surface area (Å²) in [5, 5.41) is 0. The molecule has 1 saturated carbocycles. The van der Waals surface area contributed by atoms with Crippen molar-refractivity contribution in [1.29, 1.82) is 0 Å². The molecule has 0 aromatic heterocycles. The molecule has 1 aromatic rings. The first kappa shape index (κ1) is 15.2. The summed E-state index contributed by atoms with van der Waals surface area (Å²) in [4.78, 5) is 12.3. The van der Waals surface area contributed by atoms with Crippen molar-refractivity contribution in [2.24, 2.45) is 17.6 Å². The molecule has 0 spiro atoms. The third kappa shape index (κ3) is 4.17. The molecule has 20 heavy (non-hydrogen) atoms. The van der Waals surface area contributed by atoms with Gasteiger partial charge in [-0.1, -0.05) is 50.1 Å². The predicted octanol–water partition coefficient (Wildman–Crippen LogP) is 3.90. The summed E-state index contributed by atoms with van der Waals surface area (Å²) < 4.78 is 0. The van der Waals surface area contributed by atoms with Crippen LogP contribution >= 0.6 is 0 Å². The Labute approximate surface area is 122 Å². The molecular formula is C18H27NO. The smallest absolute Gasteiger partial charge is 0.136 e. The molecule has 1 aromatic carbocycles. The van der Waals surface area contributed by atoms with Crippen LogP contribution in [0, 0.1) is 11.8 Å². The third-order valence-electron chi connectivity index (χ3n) is 4.50.